The Morgan fingerprint density at radius 3 is 3.11 bits per heavy atom. The number of aliphatic hydroxyl groups excluding tert-OH is 1. The normalized spacial score (nSPS) is 45.1. The molecular weight excluding hydrogens is 116 g/mol. The standard InChI is InChI=1S/C7H8O2/c1-7-5(8)3-2-4-6(7)9-7/h2-5,8H,1H3. The van der Waals surface area contributed by atoms with Gasteiger partial charge in [0.2, 0.25) is 0 Å². The van der Waals surface area contributed by atoms with Crippen molar-refractivity contribution in [3.8, 4) is 0 Å². The first-order valence-electron chi connectivity index (χ1n) is 2.99. The molecule has 2 nitrogen and oxygen atoms in total. The zero-order valence-electron chi connectivity index (χ0n) is 5.16. The van der Waals surface area contributed by atoms with E-state index in [1.54, 1.807) is 6.08 Å². The largest absolute Gasteiger partial charge is 0.477 e. The van der Waals surface area contributed by atoms with E-state index in [0.717, 1.165) is 5.76 Å². The molecule has 0 aromatic rings. The maximum absolute atomic E-state index is 9.23. The third-order valence-electron chi connectivity index (χ3n) is 1.87. The van der Waals surface area contributed by atoms with E-state index in [0.29, 0.717) is 0 Å². The quantitative estimate of drug-likeness (QED) is 0.479. The van der Waals surface area contributed by atoms with Gasteiger partial charge in [0.05, 0.1) is 0 Å². The predicted molar refractivity (Wildman–Crippen MR) is 32.7 cm³/mol. The average molecular weight is 124 g/mol. The molecule has 1 saturated heterocycles. The molecule has 1 heterocycles. The van der Waals surface area contributed by atoms with Crippen molar-refractivity contribution in [2.45, 2.75) is 18.6 Å². The van der Waals surface area contributed by atoms with Crippen molar-refractivity contribution in [1.29, 1.82) is 0 Å². The summed E-state index contributed by atoms with van der Waals surface area (Å²) in [5.74, 6) is 0.900. The minimum Gasteiger partial charge on any atom is -0.477 e. The summed E-state index contributed by atoms with van der Waals surface area (Å²) < 4.78 is 5.13. The highest BCUT2D eigenvalue weighted by Gasteiger charge is 2.54. The van der Waals surface area contributed by atoms with Crippen molar-refractivity contribution >= 4 is 0 Å². The zero-order valence-corrected chi connectivity index (χ0v) is 5.16. The van der Waals surface area contributed by atoms with Crippen LogP contribution in [-0.4, -0.2) is 16.8 Å². The summed E-state index contributed by atoms with van der Waals surface area (Å²) in [5, 5.41) is 9.23. The number of aliphatic hydroxyl groups is 1. The fourth-order valence-electron chi connectivity index (χ4n) is 1.04. The van der Waals surface area contributed by atoms with Gasteiger partial charge in [-0.25, -0.2) is 0 Å². The van der Waals surface area contributed by atoms with E-state index < -0.39 is 6.10 Å². The number of epoxide rings is 1. The monoisotopic (exact) mass is 124 g/mol. The highest BCUT2D eigenvalue weighted by atomic mass is 16.6. The van der Waals surface area contributed by atoms with Crippen LogP contribution in [0.15, 0.2) is 24.0 Å². The molecule has 0 spiro atoms. The molecule has 2 heteroatoms. The lowest BCUT2D eigenvalue weighted by molar-refractivity contribution is 0.124. The van der Waals surface area contributed by atoms with Crippen molar-refractivity contribution in [3.05, 3.63) is 24.0 Å². The third-order valence-corrected chi connectivity index (χ3v) is 1.87. The minimum atomic E-state index is -0.447. The summed E-state index contributed by atoms with van der Waals surface area (Å²) >= 11 is 0. The molecule has 0 aromatic heterocycles. The minimum absolute atomic E-state index is 0.366. The molecule has 0 bridgehead atoms. The first-order valence-corrected chi connectivity index (χ1v) is 2.99. The van der Waals surface area contributed by atoms with Gasteiger partial charge in [0.1, 0.15) is 11.9 Å². The number of hydrogen-bond acceptors (Lipinski definition) is 2. The molecule has 1 aliphatic carbocycles. The van der Waals surface area contributed by atoms with Crippen molar-refractivity contribution in [2.24, 2.45) is 0 Å². The zero-order chi connectivity index (χ0) is 6.48. The van der Waals surface area contributed by atoms with Crippen LogP contribution >= 0.6 is 0 Å². The lowest BCUT2D eigenvalue weighted by Crippen LogP contribution is -2.24. The molecule has 1 N–H and O–H groups in total. The topological polar surface area (TPSA) is 32.8 Å². The SMILES string of the molecule is CC12OC1=CC=CC2O. The number of fused-ring (bicyclic) bond motifs is 1. The van der Waals surface area contributed by atoms with Gasteiger partial charge in [0.15, 0.2) is 5.60 Å². The second kappa shape index (κ2) is 1.21. The Labute approximate surface area is 53.4 Å². The summed E-state index contributed by atoms with van der Waals surface area (Å²) in [6.45, 7) is 1.88. The van der Waals surface area contributed by atoms with Crippen LogP contribution in [0.5, 0.6) is 0 Å². The van der Waals surface area contributed by atoms with Gasteiger partial charge < -0.3 is 9.84 Å². The molecule has 0 saturated carbocycles. The molecule has 2 unspecified atom stereocenters. The summed E-state index contributed by atoms with van der Waals surface area (Å²) in [6.07, 6.45) is 4.98. The summed E-state index contributed by atoms with van der Waals surface area (Å²) in [6, 6.07) is 0. The molecule has 2 aliphatic rings. The first-order chi connectivity index (χ1) is 4.23. The number of allylic oxidation sites excluding steroid dienone is 2. The van der Waals surface area contributed by atoms with E-state index in [1.807, 2.05) is 19.1 Å². The van der Waals surface area contributed by atoms with Crippen LogP contribution in [0.25, 0.3) is 0 Å². The Hall–Kier alpha value is -0.760. The molecule has 0 radical (unpaired) electrons. The second-order valence-electron chi connectivity index (χ2n) is 2.57. The van der Waals surface area contributed by atoms with Gasteiger partial charge in [-0.05, 0) is 13.0 Å². The first kappa shape index (κ1) is 5.06. The van der Waals surface area contributed by atoms with Crippen LogP contribution in [0.3, 0.4) is 0 Å². The second-order valence-corrected chi connectivity index (χ2v) is 2.57. The van der Waals surface area contributed by atoms with Crippen LogP contribution in [0.1, 0.15) is 6.92 Å². The molecule has 2 rings (SSSR count). The van der Waals surface area contributed by atoms with Gasteiger partial charge in [-0.15, -0.1) is 0 Å². The van der Waals surface area contributed by atoms with Gasteiger partial charge in [-0.2, -0.15) is 0 Å². The molecule has 9 heavy (non-hydrogen) atoms. The molecule has 2 atom stereocenters. The van der Waals surface area contributed by atoms with E-state index in [2.05, 4.69) is 0 Å². The lowest BCUT2D eigenvalue weighted by atomic mass is 10.00. The Morgan fingerprint density at radius 2 is 2.56 bits per heavy atom. The predicted octanol–water partition coefficient (Wildman–Crippen LogP) is 0.590. The highest BCUT2D eigenvalue weighted by molar-refractivity contribution is 5.36. The van der Waals surface area contributed by atoms with E-state index in [-0.39, 0.29) is 5.60 Å². The lowest BCUT2D eigenvalue weighted by Gasteiger charge is -2.08. The van der Waals surface area contributed by atoms with Crippen LogP contribution in [0, 0.1) is 0 Å². The van der Waals surface area contributed by atoms with Gasteiger partial charge in [0, 0.05) is 0 Å². The molecule has 48 valence electrons. The van der Waals surface area contributed by atoms with Crippen molar-refractivity contribution in [1.82, 2.24) is 0 Å². The smallest absolute Gasteiger partial charge is 0.191 e. The van der Waals surface area contributed by atoms with Crippen LogP contribution < -0.4 is 0 Å². The van der Waals surface area contributed by atoms with Crippen molar-refractivity contribution in [3.63, 3.8) is 0 Å². The highest BCUT2D eigenvalue weighted by Crippen LogP contribution is 2.45. The van der Waals surface area contributed by atoms with Crippen LogP contribution in [-0.2, 0) is 4.74 Å². The Kier molecular flexibility index (Phi) is 0.682. The molecule has 0 amide bonds. The van der Waals surface area contributed by atoms with Crippen molar-refractivity contribution < 1.29 is 9.84 Å². The number of rotatable bonds is 0. The fraction of sp³-hybridized carbons (Fsp3) is 0.429. The molecule has 0 aromatic carbocycles. The summed E-state index contributed by atoms with van der Waals surface area (Å²) in [5.41, 5.74) is -0.366. The molecule has 1 aliphatic heterocycles. The van der Waals surface area contributed by atoms with Crippen molar-refractivity contribution in [2.75, 3.05) is 0 Å². The summed E-state index contributed by atoms with van der Waals surface area (Å²) in [7, 11) is 0. The van der Waals surface area contributed by atoms with Gasteiger partial charge in [-0.3, -0.25) is 0 Å². The van der Waals surface area contributed by atoms with E-state index in [4.69, 9.17) is 4.74 Å². The fourth-order valence-corrected chi connectivity index (χ4v) is 1.04. The average Bonchev–Trinajstić information content (AvgIpc) is 2.44. The van der Waals surface area contributed by atoms with E-state index >= 15 is 0 Å². The van der Waals surface area contributed by atoms with Crippen LogP contribution in [0.4, 0.5) is 0 Å². The van der Waals surface area contributed by atoms with Gasteiger partial charge in [0.25, 0.3) is 0 Å². The third kappa shape index (κ3) is 0.485. The molecular formula is C7H8O2. The number of ether oxygens (including phenoxy) is 1. The Bertz CT molecular complexity index is 205. The maximum atomic E-state index is 9.23. The van der Waals surface area contributed by atoms with E-state index in [1.165, 1.54) is 0 Å². The Morgan fingerprint density at radius 1 is 1.78 bits per heavy atom. The molecule has 1 fully saturated rings. The van der Waals surface area contributed by atoms with E-state index in [9.17, 15) is 5.11 Å². The maximum Gasteiger partial charge on any atom is 0.191 e. The number of hydrogen-bond donors (Lipinski definition) is 1. The van der Waals surface area contributed by atoms with Crippen LogP contribution in [0.2, 0.25) is 0 Å². The Balaban J connectivity index is 2.36. The van der Waals surface area contributed by atoms with Gasteiger partial charge >= 0.3 is 0 Å². The summed E-state index contributed by atoms with van der Waals surface area (Å²) in [4.78, 5) is 0. The van der Waals surface area contributed by atoms with Gasteiger partial charge in [-0.1, -0.05) is 12.2 Å².